The van der Waals surface area contributed by atoms with Gasteiger partial charge in [-0.05, 0) is 28.1 Å². The first-order valence-electron chi connectivity index (χ1n) is 3.15. The summed E-state index contributed by atoms with van der Waals surface area (Å²) >= 11 is 3.28. The minimum atomic E-state index is 0.694. The number of nitrogens with zero attached hydrogens (tertiary/aromatic N) is 1. The summed E-state index contributed by atoms with van der Waals surface area (Å²) in [6.07, 6.45) is 1.57. The molecule has 56 valence electrons. The predicted octanol–water partition coefficient (Wildman–Crippen LogP) is 1.46. The maximum atomic E-state index is 9.25. The molecule has 0 saturated heterocycles. The Morgan fingerprint density at radius 1 is 1.55 bits per heavy atom. The van der Waals surface area contributed by atoms with E-state index in [1.54, 1.807) is 12.3 Å². The zero-order chi connectivity index (χ0) is 7.84. The Balaban J connectivity index is 2.90. The summed E-state index contributed by atoms with van der Waals surface area (Å²) in [7, 11) is 0. The second-order valence-corrected chi connectivity index (χ2v) is 3.13. The third-order valence-corrected chi connectivity index (χ3v) is 1.95. The third kappa shape index (κ3) is 0.991. The van der Waals surface area contributed by atoms with Crippen molar-refractivity contribution in [1.82, 2.24) is 4.98 Å². The van der Waals surface area contributed by atoms with Gasteiger partial charge in [0.25, 0.3) is 0 Å². The lowest BCUT2D eigenvalue weighted by molar-refractivity contribution is -0.885. The molecule has 0 aromatic carbocycles. The molecule has 0 spiro atoms. The van der Waals surface area contributed by atoms with Crippen LogP contribution in [-0.4, -0.2) is 10.2 Å². The molecule has 0 aliphatic heterocycles. The van der Waals surface area contributed by atoms with Crippen LogP contribution in [0.15, 0.2) is 29.0 Å². The molecule has 3 nitrogen and oxygen atoms in total. The molecule has 4 heteroatoms. The first-order chi connectivity index (χ1) is 5.27. The van der Waals surface area contributed by atoms with E-state index >= 15 is 0 Å². The maximum absolute atomic E-state index is 9.25. The van der Waals surface area contributed by atoms with Crippen LogP contribution in [0.25, 0.3) is 11.0 Å². The minimum absolute atomic E-state index is 0.694. The molecule has 0 unspecified atom stereocenters. The fraction of sp³-hybridized carbons (Fsp3) is 0. The molecule has 0 aliphatic rings. The monoisotopic (exact) mass is 213 g/mol. The molecular weight excluding hydrogens is 208 g/mol. The van der Waals surface area contributed by atoms with Crippen LogP contribution >= 0.6 is 15.9 Å². The van der Waals surface area contributed by atoms with Gasteiger partial charge in [0.05, 0.1) is 5.39 Å². The minimum Gasteiger partial charge on any atom is -0.350 e. The summed E-state index contributed by atoms with van der Waals surface area (Å²) < 4.78 is 1.92. The zero-order valence-electron chi connectivity index (χ0n) is 5.58. The van der Waals surface area contributed by atoms with Crippen LogP contribution in [0.5, 0.6) is 0 Å². The number of nitrogens with one attached hydrogen (secondary N) is 1. The summed E-state index contributed by atoms with van der Waals surface area (Å²) in [5.41, 5.74) is 0.694. The van der Waals surface area contributed by atoms with E-state index in [0.29, 0.717) is 5.65 Å². The molecule has 0 radical (unpaired) electrons. The van der Waals surface area contributed by atoms with Crippen molar-refractivity contribution >= 4 is 27.0 Å². The molecule has 0 bridgehead atoms. The van der Waals surface area contributed by atoms with Gasteiger partial charge in [-0.3, -0.25) is 0 Å². The van der Waals surface area contributed by atoms with Crippen molar-refractivity contribution in [3.63, 3.8) is 0 Å². The van der Waals surface area contributed by atoms with E-state index in [9.17, 15) is 5.21 Å². The molecule has 11 heavy (non-hydrogen) atoms. The fourth-order valence-corrected chi connectivity index (χ4v) is 1.48. The third-order valence-electron chi connectivity index (χ3n) is 1.53. The van der Waals surface area contributed by atoms with Crippen LogP contribution < -0.4 is 4.73 Å². The van der Waals surface area contributed by atoms with Gasteiger partial charge in [0, 0.05) is 6.07 Å². The van der Waals surface area contributed by atoms with Crippen LogP contribution in [0.2, 0.25) is 0 Å². The van der Waals surface area contributed by atoms with E-state index in [2.05, 4.69) is 20.9 Å². The van der Waals surface area contributed by atoms with Gasteiger partial charge in [-0.2, -0.15) is 0 Å². The highest BCUT2D eigenvalue weighted by atomic mass is 79.9. The number of halogens is 1. The van der Waals surface area contributed by atoms with Gasteiger partial charge in [0.1, 0.15) is 6.20 Å². The van der Waals surface area contributed by atoms with Crippen LogP contribution in [0, 0.1) is 0 Å². The van der Waals surface area contributed by atoms with E-state index in [0.717, 1.165) is 14.7 Å². The summed E-state index contributed by atoms with van der Waals surface area (Å²) in [4.78, 5) is 2.96. The van der Waals surface area contributed by atoms with Crippen molar-refractivity contribution in [2.75, 3.05) is 0 Å². The van der Waals surface area contributed by atoms with Gasteiger partial charge < -0.3 is 5.21 Å². The van der Waals surface area contributed by atoms with E-state index in [1.807, 2.05) is 12.1 Å². The molecule has 2 heterocycles. The first kappa shape index (κ1) is 6.67. The Morgan fingerprint density at radius 3 is 3.09 bits per heavy atom. The summed E-state index contributed by atoms with van der Waals surface area (Å²) in [5, 5.41) is 10.2. The van der Waals surface area contributed by atoms with Crippen molar-refractivity contribution in [1.29, 1.82) is 0 Å². The van der Waals surface area contributed by atoms with Crippen molar-refractivity contribution in [2.45, 2.75) is 0 Å². The standard InChI is InChI=1S/C7H5BrN2O/c8-6-4-5-2-1-3-10(11)7(5)9-6/h1-4,11H/p+1. The number of H-pyrrole nitrogens is 1. The summed E-state index contributed by atoms with van der Waals surface area (Å²) in [6.45, 7) is 0. The smallest absolute Gasteiger partial charge is 0.326 e. The van der Waals surface area contributed by atoms with Gasteiger partial charge in [0.2, 0.25) is 0 Å². The number of aromatic nitrogens is 2. The van der Waals surface area contributed by atoms with E-state index in [1.165, 1.54) is 0 Å². The molecule has 2 aromatic heterocycles. The van der Waals surface area contributed by atoms with Crippen molar-refractivity contribution in [3.05, 3.63) is 29.0 Å². The van der Waals surface area contributed by atoms with E-state index < -0.39 is 0 Å². The van der Waals surface area contributed by atoms with Crippen LogP contribution in [0.3, 0.4) is 0 Å². The average Bonchev–Trinajstić information content (AvgIpc) is 2.31. The molecule has 0 fully saturated rings. The number of rotatable bonds is 0. The lowest BCUT2D eigenvalue weighted by atomic mass is 10.3. The van der Waals surface area contributed by atoms with E-state index in [-0.39, 0.29) is 0 Å². The number of hydrogen-bond acceptors (Lipinski definition) is 1. The molecular formula is C7H6BrN2O+. The Bertz CT molecular complexity index is 396. The van der Waals surface area contributed by atoms with Gasteiger partial charge in [-0.25, -0.2) is 4.98 Å². The van der Waals surface area contributed by atoms with Crippen LogP contribution in [0.4, 0.5) is 0 Å². The summed E-state index contributed by atoms with van der Waals surface area (Å²) in [5.74, 6) is 0. The molecule has 0 atom stereocenters. The number of pyridine rings is 1. The van der Waals surface area contributed by atoms with Crippen molar-refractivity contribution in [2.24, 2.45) is 0 Å². The van der Waals surface area contributed by atoms with Crippen LogP contribution in [0.1, 0.15) is 0 Å². The highest BCUT2D eigenvalue weighted by Crippen LogP contribution is 2.14. The summed E-state index contributed by atoms with van der Waals surface area (Å²) in [6, 6.07) is 5.61. The quantitative estimate of drug-likeness (QED) is 0.505. The lowest BCUT2D eigenvalue weighted by Gasteiger charge is -1.86. The van der Waals surface area contributed by atoms with Crippen LogP contribution in [-0.2, 0) is 0 Å². The molecule has 2 N–H and O–H groups in total. The second kappa shape index (κ2) is 2.23. The lowest BCUT2D eigenvalue weighted by Crippen LogP contribution is -2.29. The Labute approximate surface area is 71.4 Å². The number of hydrogen-bond donors (Lipinski definition) is 2. The average molecular weight is 214 g/mol. The highest BCUT2D eigenvalue weighted by molar-refractivity contribution is 9.10. The SMILES string of the molecule is O[n+]1cccc2cc(Br)[nH]c21. The van der Waals surface area contributed by atoms with Gasteiger partial charge in [0.15, 0.2) is 4.60 Å². The molecule has 0 aliphatic carbocycles. The van der Waals surface area contributed by atoms with Gasteiger partial charge in [-0.15, -0.1) is 0 Å². The first-order valence-corrected chi connectivity index (χ1v) is 3.95. The van der Waals surface area contributed by atoms with Crippen molar-refractivity contribution < 1.29 is 9.94 Å². The Hall–Kier alpha value is -1.03. The molecule has 0 amide bonds. The Kier molecular flexibility index (Phi) is 1.35. The van der Waals surface area contributed by atoms with Crippen molar-refractivity contribution in [3.8, 4) is 0 Å². The predicted molar refractivity (Wildman–Crippen MR) is 43.4 cm³/mol. The second-order valence-electron chi connectivity index (χ2n) is 2.27. The largest absolute Gasteiger partial charge is 0.350 e. The maximum Gasteiger partial charge on any atom is 0.326 e. The molecule has 2 aromatic rings. The highest BCUT2D eigenvalue weighted by Gasteiger charge is 2.08. The molecule has 2 rings (SSSR count). The van der Waals surface area contributed by atoms with Gasteiger partial charge in [-0.1, -0.05) is 4.73 Å². The topological polar surface area (TPSA) is 39.9 Å². The van der Waals surface area contributed by atoms with E-state index in [4.69, 9.17) is 0 Å². The molecule has 0 saturated carbocycles. The van der Waals surface area contributed by atoms with Gasteiger partial charge >= 0.3 is 5.65 Å². The normalized spacial score (nSPS) is 10.6. The fourth-order valence-electron chi connectivity index (χ4n) is 1.05. The Morgan fingerprint density at radius 2 is 2.36 bits per heavy atom. The zero-order valence-corrected chi connectivity index (χ0v) is 7.17. The number of fused-ring (bicyclic) bond motifs is 1. The number of aromatic amines is 1.